The number of ether oxygens (including phenoxy) is 1. The minimum absolute atomic E-state index is 0.143. The van der Waals surface area contributed by atoms with Crippen LogP contribution in [0.3, 0.4) is 0 Å². The number of nitrogens with zero attached hydrogens (tertiary/aromatic N) is 4. The number of aromatic amines is 1. The molecule has 0 aliphatic carbocycles. The molecule has 8 nitrogen and oxygen atoms in total. The third kappa shape index (κ3) is 3.68. The molecule has 1 aromatic carbocycles. The average Bonchev–Trinajstić information content (AvgIpc) is 3.54. The van der Waals surface area contributed by atoms with Crippen molar-refractivity contribution in [2.75, 3.05) is 13.0 Å². The molecule has 0 saturated heterocycles. The van der Waals surface area contributed by atoms with Gasteiger partial charge in [-0.2, -0.15) is 0 Å². The van der Waals surface area contributed by atoms with Gasteiger partial charge in [0.2, 0.25) is 5.16 Å². The largest absolute Gasteiger partial charge is 0.497 e. The van der Waals surface area contributed by atoms with Gasteiger partial charge in [-0.15, -0.1) is 32.9 Å². The van der Waals surface area contributed by atoms with E-state index in [1.807, 2.05) is 54.1 Å². The van der Waals surface area contributed by atoms with E-state index in [1.54, 1.807) is 18.4 Å². The van der Waals surface area contributed by atoms with Gasteiger partial charge in [0.1, 0.15) is 16.4 Å². The van der Waals surface area contributed by atoms with E-state index in [1.165, 1.54) is 27.8 Å². The maximum absolute atomic E-state index is 12.9. The first-order valence-electron chi connectivity index (χ1n) is 9.62. The standard InChI is InChI=1S/C21H18N6O2S3/c1-11(32-21-26-25-18(27(21)22)12-5-7-13(29-2)8-6-12)17-23-19(28)16-14(10-31-20(16)24-17)15-4-3-9-30-15/h3-11H,22H2,1-2H3,(H,23,24,28). The second-order valence-electron chi connectivity index (χ2n) is 6.92. The van der Waals surface area contributed by atoms with E-state index in [9.17, 15) is 4.79 Å². The van der Waals surface area contributed by atoms with Gasteiger partial charge in [0, 0.05) is 21.4 Å². The van der Waals surface area contributed by atoms with Gasteiger partial charge in [-0.05, 0) is 42.6 Å². The summed E-state index contributed by atoms with van der Waals surface area (Å²) in [4.78, 5) is 22.3. The molecule has 0 saturated carbocycles. The highest BCUT2D eigenvalue weighted by atomic mass is 32.2. The minimum atomic E-state index is -0.186. The number of benzene rings is 1. The first-order chi connectivity index (χ1) is 15.5. The number of nitrogen functional groups attached to an aromatic ring is 1. The molecule has 3 N–H and O–H groups in total. The molecule has 5 rings (SSSR count). The van der Waals surface area contributed by atoms with Crippen molar-refractivity contribution >= 4 is 44.7 Å². The predicted molar refractivity (Wildman–Crippen MR) is 130 cm³/mol. The first-order valence-corrected chi connectivity index (χ1v) is 12.3. The van der Waals surface area contributed by atoms with E-state index in [0.29, 0.717) is 27.0 Å². The van der Waals surface area contributed by atoms with Crippen LogP contribution in [0.15, 0.2) is 57.1 Å². The van der Waals surface area contributed by atoms with Gasteiger partial charge in [-0.3, -0.25) is 4.79 Å². The highest BCUT2D eigenvalue weighted by Crippen LogP contribution is 2.36. The molecule has 32 heavy (non-hydrogen) atoms. The maximum Gasteiger partial charge on any atom is 0.260 e. The van der Waals surface area contributed by atoms with Gasteiger partial charge < -0.3 is 15.6 Å². The fourth-order valence-corrected chi connectivity index (χ4v) is 5.88. The van der Waals surface area contributed by atoms with Crippen LogP contribution in [0.1, 0.15) is 18.0 Å². The van der Waals surface area contributed by atoms with Crippen LogP contribution in [-0.2, 0) is 0 Å². The Kier molecular flexibility index (Phi) is 5.45. The summed E-state index contributed by atoms with van der Waals surface area (Å²) < 4.78 is 6.64. The van der Waals surface area contributed by atoms with Gasteiger partial charge in [-0.1, -0.05) is 17.8 Å². The Morgan fingerprint density at radius 3 is 2.72 bits per heavy atom. The van der Waals surface area contributed by atoms with Crippen LogP contribution in [0.4, 0.5) is 0 Å². The molecule has 1 atom stereocenters. The second kappa shape index (κ2) is 8.41. The van der Waals surface area contributed by atoms with Crippen molar-refractivity contribution in [1.29, 1.82) is 0 Å². The molecule has 11 heteroatoms. The average molecular weight is 483 g/mol. The Balaban J connectivity index is 1.42. The summed E-state index contributed by atoms with van der Waals surface area (Å²) in [6.45, 7) is 1.95. The molecule has 0 aliphatic heterocycles. The zero-order valence-electron chi connectivity index (χ0n) is 17.1. The molecule has 5 aromatic rings. The van der Waals surface area contributed by atoms with Crippen molar-refractivity contribution < 1.29 is 4.74 Å². The van der Waals surface area contributed by atoms with Crippen molar-refractivity contribution in [3.05, 3.63) is 63.3 Å². The Morgan fingerprint density at radius 2 is 2.00 bits per heavy atom. The lowest BCUT2D eigenvalue weighted by Crippen LogP contribution is -2.14. The van der Waals surface area contributed by atoms with Gasteiger partial charge >= 0.3 is 0 Å². The summed E-state index contributed by atoms with van der Waals surface area (Å²) in [6, 6.07) is 11.4. The number of methoxy groups -OCH3 is 1. The van der Waals surface area contributed by atoms with Crippen LogP contribution in [0.2, 0.25) is 0 Å². The van der Waals surface area contributed by atoms with Crippen molar-refractivity contribution in [3.8, 4) is 27.6 Å². The number of thiophene rings is 2. The van der Waals surface area contributed by atoms with Gasteiger partial charge in [0.05, 0.1) is 17.7 Å². The van der Waals surface area contributed by atoms with Crippen molar-refractivity contribution in [2.24, 2.45) is 0 Å². The van der Waals surface area contributed by atoms with Crippen molar-refractivity contribution in [2.45, 2.75) is 17.3 Å². The minimum Gasteiger partial charge on any atom is -0.497 e. The van der Waals surface area contributed by atoms with Crippen molar-refractivity contribution in [3.63, 3.8) is 0 Å². The van der Waals surface area contributed by atoms with Crippen LogP contribution in [0.25, 0.3) is 32.0 Å². The third-order valence-electron chi connectivity index (χ3n) is 4.93. The van der Waals surface area contributed by atoms with Crippen LogP contribution in [-0.4, -0.2) is 32.0 Å². The lowest BCUT2D eigenvalue weighted by Gasteiger charge is -2.10. The second-order valence-corrected chi connectivity index (χ2v) is 10.0. The summed E-state index contributed by atoms with van der Waals surface area (Å²) in [5.74, 6) is 8.12. The number of nitrogens with one attached hydrogen (secondary N) is 1. The number of thioether (sulfide) groups is 1. The normalized spacial score (nSPS) is 12.3. The highest BCUT2D eigenvalue weighted by Gasteiger charge is 2.20. The molecule has 4 heterocycles. The fourth-order valence-electron chi connectivity index (χ4n) is 3.28. The van der Waals surface area contributed by atoms with Crippen LogP contribution >= 0.6 is 34.4 Å². The molecule has 0 spiro atoms. The molecule has 0 radical (unpaired) electrons. The number of rotatable bonds is 6. The third-order valence-corrected chi connectivity index (χ3v) is 7.77. The molecule has 0 bridgehead atoms. The zero-order chi connectivity index (χ0) is 22.2. The number of hydrogen-bond donors (Lipinski definition) is 2. The Bertz CT molecular complexity index is 1440. The number of H-pyrrole nitrogens is 1. The van der Waals surface area contributed by atoms with Gasteiger partial charge in [-0.25, -0.2) is 9.66 Å². The van der Waals surface area contributed by atoms with E-state index < -0.39 is 0 Å². The molecule has 162 valence electrons. The molecule has 1 unspecified atom stereocenters. The topological polar surface area (TPSA) is 112 Å². The van der Waals surface area contributed by atoms with E-state index in [4.69, 9.17) is 15.6 Å². The Hall–Kier alpha value is -3.15. The van der Waals surface area contributed by atoms with Crippen molar-refractivity contribution in [1.82, 2.24) is 24.8 Å². The van der Waals surface area contributed by atoms with Gasteiger partial charge in [0.15, 0.2) is 5.82 Å². The molecular weight excluding hydrogens is 464 g/mol. The molecule has 4 aromatic heterocycles. The molecular formula is C21H18N6O2S3. The predicted octanol–water partition coefficient (Wildman–Crippen LogP) is 4.55. The van der Waals surface area contributed by atoms with E-state index in [0.717, 1.165) is 21.8 Å². The zero-order valence-corrected chi connectivity index (χ0v) is 19.6. The number of aromatic nitrogens is 5. The summed E-state index contributed by atoms with van der Waals surface area (Å²) in [7, 11) is 1.62. The van der Waals surface area contributed by atoms with E-state index in [-0.39, 0.29) is 10.8 Å². The van der Waals surface area contributed by atoms with E-state index >= 15 is 0 Å². The number of fused-ring (bicyclic) bond motifs is 1. The first kappa shape index (κ1) is 20.7. The fraction of sp³-hybridized carbons (Fsp3) is 0.143. The number of nitrogens with two attached hydrogens (primary N) is 1. The maximum atomic E-state index is 12.9. The quantitative estimate of drug-likeness (QED) is 0.270. The Morgan fingerprint density at radius 1 is 1.19 bits per heavy atom. The van der Waals surface area contributed by atoms with Crippen LogP contribution in [0, 0.1) is 0 Å². The molecule has 0 amide bonds. The summed E-state index contributed by atoms with van der Waals surface area (Å²) in [5, 5.41) is 13.4. The Labute approximate surface area is 195 Å². The molecule has 0 aliphatic rings. The highest BCUT2D eigenvalue weighted by molar-refractivity contribution is 7.99. The van der Waals surface area contributed by atoms with Gasteiger partial charge in [0.25, 0.3) is 5.56 Å². The van der Waals surface area contributed by atoms with E-state index in [2.05, 4.69) is 15.2 Å². The lowest BCUT2D eigenvalue weighted by molar-refractivity contribution is 0.415. The monoisotopic (exact) mass is 482 g/mol. The lowest BCUT2D eigenvalue weighted by atomic mass is 10.2. The van der Waals surface area contributed by atoms with Crippen LogP contribution in [0.5, 0.6) is 5.75 Å². The summed E-state index contributed by atoms with van der Waals surface area (Å²) in [6.07, 6.45) is 0. The summed E-state index contributed by atoms with van der Waals surface area (Å²) >= 11 is 4.46. The van der Waals surface area contributed by atoms with Crippen LogP contribution < -0.4 is 16.1 Å². The summed E-state index contributed by atoms with van der Waals surface area (Å²) in [5.41, 5.74) is 1.61. The smallest absolute Gasteiger partial charge is 0.260 e. The SMILES string of the molecule is COc1ccc(-c2nnc(SC(C)c3nc4scc(-c5cccs5)c4c(=O)[nH]3)n2N)cc1. The number of hydrogen-bond acceptors (Lipinski definition) is 9. The molecule has 0 fully saturated rings.